The monoisotopic (exact) mass is 343 g/mol. The lowest BCUT2D eigenvalue weighted by molar-refractivity contribution is 0.0928. The van der Waals surface area contributed by atoms with Gasteiger partial charge >= 0.3 is 0 Å². The van der Waals surface area contributed by atoms with Crippen LogP contribution in [0.25, 0.3) is 4.96 Å². The van der Waals surface area contributed by atoms with E-state index in [9.17, 15) is 4.79 Å². The van der Waals surface area contributed by atoms with Crippen LogP contribution in [0.1, 0.15) is 33.4 Å². The second-order valence-corrected chi connectivity index (χ2v) is 6.64. The average molecular weight is 343 g/mol. The zero-order valence-corrected chi connectivity index (χ0v) is 14.2. The SMILES string of the molecule is COc1ccc2c(c1)OCC[C@@H]2NC(=O)c1sc2nccn2c1C. The Hall–Kier alpha value is -2.54. The molecular formula is C17H17N3O3S. The number of nitrogens with zero attached hydrogens (tertiary/aromatic N) is 2. The van der Waals surface area contributed by atoms with Crippen molar-refractivity contribution in [1.82, 2.24) is 14.7 Å². The molecule has 0 bridgehead atoms. The van der Waals surface area contributed by atoms with E-state index >= 15 is 0 Å². The van der Waals surface area contributed by atoms with Crippen molar-refractivity contribution in [2.45, 2.75) is 19.4 Å². The number of carbonyl (C=O) groups excluding carboxylic acids is 1. The normalized spacial score (nSPS) is 16.5. The number of hydrogen-bond donors (Lipinski definition) is 1. The first-order chi connectivity index (χ1) is 11.7. The number of benzene rings is 1. The van der Waals surface area contributed by atoms with Crippen LogP contribution < -0.4 is 14.8 Å². The molecule has 0 saturated carbocycles. The summed E-state index contributed by atoms with van der Waals surface area (Å²) in [4.78, 5) is 18.5. The minimum absolute atomic E-state index is 0.0685. The van der Waals surface area contributed by atoms with Gasteiger partial charge in [0.2, 0.25) is 0 Å². The third kappa shape index (κ3) is 2.41. The van der Waals surface area contributed by atoms with Crippen LogP contribution in [0.2, 0.25) is 0 Å². The van der Waals surface area contributed by atoms with Gasteiger partial charge in [0.1, 0.15) is 16.4 Å². The van der Waals surface area contributed by atoms with Gasteiger partial charge in [-0.05, 0) is 19.1 Å². The Morgan fingerprint density at radius 3 is 3.17 bits per heavy atom. The summed E-state index contributed by atoms with van der Waals surface area (Å²) in [7, 11) is 1.62. The summed E-state index contributed by atoms with van der Waals surface area (Å²) >= 11 is 1.40. The molecule has 3 aromatic rings. The predicted molar refractivity (Wildman–Crippen MR) is 91.1 cm³/mol. The number of nitrogens with one attached hydrogen (secondary N) is 1. The number of thiazole rings is 1. The van der Waals surface area contributed by atoms with E-state index in [2.05, 4.69) is 10.3 Å². The highest BCUT2D eigenvalue weighted by Crippen LogP contribution is 2.35. The Morgan fingerprint density at radius 2 is 2.38 bits per heavy atom. The largest absolute Gasteiger partial charge is 0.497 e. The van der Waals surface area contributed by atoms with Crippen LogP contribution in [0.4, 0.5) is 0 Å². The molecule has 124 valence electrons. The van der Waals surface area contributed by atoms with Gasteiger partial charge in [-0.1, -0.05) is 11.3 Å². The molecule has 0 unspecified atom stereocenters. The molecule has 1 aliphatic rings. The van der Waals surface area contributed by atoms with Gasteiger partial charge in [0.25, 0.3) is 5.91 Å². The van der Waals surface area contributed by atoms with E-state index < -0.39 is 0 Å². The van der Waals surface area contributed by atoms with Gasteiger partial charge in [0.15, 0.2) is 4.96 Å². The number of ether oxygens (including phenoxy) is 2. The molecule has 0 aliphatic carbocycles. The first-order valence-electron chi connectivity index (χ1n) is 7.71. The van der Waals surface area contributed by atoms with E-state index in [1.54, 1.807) is 13.3 Å². The molecule has 1 aromatic carbocycles. The highest BCUT2D eigenvalue weighted by molar-refractivity contribution is 7.19. The summed E-state index contributed by atoms with van der Waals surface area (Å²) in [5.74, 6) is 1.44. The van der Waals surface area contributed by atoms with Crippen LogP contribution in [-0.4, -0.2) is 29.0 Å². The van der Waals surface area contributed by atoms with Crippen LogP contribution >= 0.6 is 11.3 Å². The zero-order chi connectivity index (χ0) is 16.7. The van der Waals surface area contributed by atoms with Gasteiger partial charge in [-0.2, -0.15) is 0 Å². The fraction of sp³-hybridized carbons (Fsp3) is 0.294. The molecular weight excluding hydrogens is 326 g/mol. The average Bonchev–Trinajstić information content (AvgIpc) is 3.18. The topological polar surface area (TPSA) is 64.9 Å². The molecule has 0 saturated heterocycles. The van der Waals surface area contributed by atoms with E-state index in [4.69, 9.17) is 9.47 Å². The van der Waals surface area contributed by atoms with Crippen LogP contribution in [0.15, 0.2) is 30.6 Å². The lowest BCUT2D eigenvalue weighted by atomic mass is 10.00. The predicted octanol–water partition coefficient (Wildman–Crippen LogP) is 2.97. The minimum Gasteiger partial charge on any atom is -0.497 e. The second-order valence-electron chi connectivity index (χ2n) is 5.66. The Morgan fingerprint density at radius 1 is 1.50 bits per heavy atom. The Kier molecular flexibility index (Phi) is 3.65. The first kappa shape index (κ1) is 15.0. The fourth-order valence-electron chi connectivity index (χ4n) is 2.98. The number of methoxy groups -OCH3 is 1. The molecule has 2 aromatic heterocycles. The summed E-state index contributed by atoms with van der Waals surface area (Å²) < 4.78 is 12.9. The summed E-state index contributed by atoms with van der Waals surface area (Å²) in [5, 5.41) is 3.13. The molecule has 1 atom stereocenters. The Labute approximate surface area is 143 Å². The number of carbonyl (C=O) groups is 1. The van der Waals surface area contributed by atoms with E-state index in [0.717, 1.165) is 34.1 Å². The maximum absolute atomic E-state index is 12.7. The van der Waals surface area contributed by atoms with Crippen molar-refractivity contribution in [2.75, 3.05) is 13.7 Å². The standard InChI is InChI=1S/C17H17N3O3S/c1-10-15(24-17-18-6-7-20(10)17)16(21)19-13-5-8-23-14-9-11(22-2)3-4-12(13)14/h3-4,6-7,9,13H,5,8H2,1-2H3,(H,19,21)/t13-/m0/s1. The van der Waals surface area contributed by atoms with Gasteiger partial charge in [-0.15, -0.1) is 0 Å². The van der Waals surface area contributed by atoms with Gasteiger partial charge in [0, 0.05) is 36.1 Å². The number of hydrogen-bond acceptors (Lipinski definition) is 5. The van der Waals surface area contributed by atoms with Crippen molar-refractivity contribution in [3.05, 3.63) is 46.7 Å². The third-order valence-corrected chi connectivity index (χ3v) is 5.43. The number of amides is 1. The van der Waals surface area contributed by atoms with Gasteiger partial charge in [-0.25, -0.2) is 4.98 Å². The van der Waals surface area contributed by atoms with Crippen molar-refractivity contribution < 1.29 is 14.3 Å². The van der Waals surface area contributed by atoms with Crippen molar-refractivity contribution >= 4 is 22.2 Å². The van der Waals surface area contributed by atoms with Gasteiger partial charge < -0.3 is 14.8 Å². The number of imidazole rings is 1. The molecule has 7 heteroatoms. The van der Waals surface area contributed by atoms with Crippen LogP contribution in [0.3, 0.4) is 0 Å². The molecule has 6 nitrogen and oxygen atoms in total. The third-order valence-electron chi connectivity index (χ3n) is 4.26. The quantitative estimate of drug-likeness (QED) is 0.794. The molecule has 1 aliphatic heterocycles. The van der Waals surface area contributed by atoms with Crippen LogP contribution in [0.5, 0.6) is 11.5 Å². The smallest absolute Gasteiger partial charge is 0.263 e. The second kappa shape index (κ2) is 5.83. The van der Waals surface area contributed by atoms with Crippen LogP contribution in [0, 0.1) is 6.92 Å². The molecule has 0 spiro atoms. The van der Waals surface area contributed by atoms with Gasteiger partial charge in [-0.3, -0.25) is 9.20 Å². The van der Waals surface area contributed by atoms with Crippen molar-refractivity contribution in [2.24, 2.45) is 0 Å². The van der Waals surface area contributed by atoms with E-state index in [-0.39, 0.29) is 11.9 Å². The number of aryl methyl sites for hydroxylation is 1. The Balaban J connectivity index is 1.61. The zero-order valence-electron chi connectivity index (χ0n) is 13.4. The van der Waals surface area contributed by atoms with E-state index in [1.165, 1.54) is 11.3 Å². The Bertz CT molecular complexity index is 915. The number of rotatable bonds is 3. The molecule has 0 fully saturated rings. The molecule has 3 heterocycles. The fourth-order valence-corrected chi connectivity index (χ4v) is 3.97. The lowest BCUT2D eigenvalue weighted by Crippen LogP contribution is -2.32. The van der Waals surface area contributed by atoms with Crippen molar-refractivity contribution in [3.63, 3.8) is 0 Å². The highest BCUT2D eigenvalue weighted by Gasteiger charge is 2.25. The maximum Gasteiger partial charge on any atom is 0.263 e. The van der Waals surface area contributed by atoms with Crippen LogP contribution in [-0.2, 0) is 0 Å². The molecule has 0 radical (unpaired) electrons. The highest BCUT2D eigenvalue weighted by atomic mass is 32.1. The number of aromatic nitrogens is 2. The van der Waals surface area contributed by atoms with Crippen molar-refractivity contribution in [1.29, 1.82) is 0 Å². The van der Waals surface area contributed by atoms with Gasteiger partial charge in [0.05, 0.1) is 19.8 Å². The lowest BCUT2D eigenvalue weighted by Gasteiger charge is -2.27. The maximum atomic E-state index is 12.7. The van der Waals surface area contributed by atoms with Crippen molar-refractivity contribution in [3.8, 4) is 11.5 Å². The summed E-state index contributed by atoms with van der Waals surface area (Å²) in [5.41, 5.74) is 1.89. The van der Waals surface area contributed by atoms with E-state index in [1.807, 2.05) is 35.7 Å². The molecule has 4 rings (SSSR count). The summed E-state index contributed by atoms with van der Waals surface area (Å²) in [6.45, 7) is 2.50. The molecule has 24 heavy (non-hydrogen) atoms. The van der Waals surface area contributed by atoms with E-state index in [0.29, 0.717) is 11.5 Å². The summed E-state index contributed by atoms with van der Waals surface area (Å²) in [6.07, 6.45) is 4.35. The molecule has 1 N–H and O–H groups in total. The molecule has 1 amide bonds. The number of fused-ring (bicyclic) bond motifs is 2. The first-order valence-corrected chi connectivity index (χ1v) is 8.53. The minimum atomic E-state index is -0.0725. The summed E-state index contributed by atoms with van der Waals surface area (Å²) in [6, 6.07) is 5.63.